The topological polar surface area (TPSA) is 38.3 Å². The minimum Gasteiger partial charge on any atom is -0.493 e. The number of para-hydroxylation sites is 1. The van der Waals surface area contributed by atoms with Crippen LogP contribution in [0.15, 0.2) is 42.5 Å². The molecule has 0 aromatic heterocycles. The van der Waals surface area contributed by atoms with Gasteiger partial charge in [-0.3, -0.25) is 4.79 Å². The van der Waals surface area contributed by atoms with Crippen molar-refractivity contribution in [3.63, 3.8) is 0 Å². The maximum atomic E-state index is 13.7. The van der Waals surface area contributed by atoms with Crippen molar-refractivity contribution >= 4 is 11.6 Å². The van der Waals surface area contributed by atoms with Crippen molar-refractivity contribution in [2.24, 2.45) is 0 Å². The van der Waals surface area contributed by atoms with E-state index in [0.29, 0.717) is 24.8 Å². The Kier molecular flexibility index (Phi) is 4.88. The highest BCUT2D eigenvalue weighted by Gasteiger charge is 2.31. The first kappa shape index (κ1) is 16.8. The number of amides is 1. The second kappa shape index (κ2) is 6.68. The lowest BCUT2D eigenvalue weighted by Gasteiger charge is -2.13. The molecule has 0 aliphatic rings. The molecule has 0 radical (unpaired) electrons. The van der Waals surface area contributed by atoms with Crippen molar-refractivity contribution < 1.29 is 27.1 Å². The minimum atomic E-state index is -4.63. The third-order valence-corrected chi connectivity index (χ3v) is 2.97. The highest BCUT2D eigenvalue weighted by atomic mass is 19.4. The number of rotatable bonds is 4. The molecule has 0 saturated heterocycles. The number of alkyl halides is 3. The number of hydrogen-bond donors (Lipinski definition) is 1. The van der Waals surface area contributed by atoms with Crippen LogP contribution in [-0.2, 0) is 6.18 Å². The summed E-state index contributed by atoms with van der Waals surface area (Å²) in [5.74, 6) is -1.45. The summed E-state index contributed by atoms with van der Waals surface area (Å²) in [7, 11) is 0. The first-order valence-electron chi connectivity index (χ1n) is 6.73. The van der Waals surface area contributed by atoms with Crippen LogP contribution in [0.2, 0.25) is 0 Å². The van der Waals surface area contributed by atoms with Crippen molar-refractivity contribution in [2.75, 3.05) is 11.9 Å². The molecule has 23 heavy (non-hydrogen) atoms. The first-order chi connectivity index (χ1) is 10.8. The van der Waals surface area contributed by atoms with Crippen molar-refractivity contribution in [3.05, 3.63) is 59.4 Å². The molecule has 0 saturated carbocycles. The molecule has 0 fully saturated rings. The molecule has 122 valence electrons. The van der Waals surface area contributed by atoms with Gasteiger partial charge in [0.1, 0.15) is 11.6 Å². The zero-order valence-electron chi connectivity index (χ0n) is 12.1. The molecule has 1 amide bonds. The van der Waals surface area contributed by atoms with Crippen molar-refractivity contribution in [1.29, 1.82) is 0 Å². The number of halogens is 4. The van der Waals surface area contributed by atoms with Gasteiger partial charge in [-0.15, -0.1) is 0 Å². The molecular formula is C16H13F4NO2. The van der Waals surface area contributed by atoms with Crippen LogP contribution >= 0.6 is 0 Å². The molecule has 2 aromatic rings. The van der Waals surface area contributed by atoms with Gasteiger partial charge in [0.2, 0.25) is 0 Å². The molecule has 1 N–H and O–H groups in total. The number of benzene rings is 2. The summed E-state index contributed by atoms with van der Waals surface area (Å²) in [6.07, 6.45) is -4.63. The summed E-state index contributed by atoms with van der Waals surface area (Å²) in [5.41, 5.74) is -1.49. The van der Waals surface area contributed by atoms with E-state index >= 15 is 0 Å². The molecule has 0 atom stereocenters. The van der Waals surface area contributed by atoms with Gasteiger partial charge in [0.25, 0.3) is 5.91 Å². The number of hydrogen-bond acceptors (Lipinski definition) is 2. The lowest BCUT2D eigenvalue weighted by Crippen LogP contribution is -2.15. The van der Waals surface area contributed by atoms with Crippen LogP contribution in [-0.4, -0.2) is 12.5 Å². The number of carbonyl (C=O) groups is 1. The van der Waals surface area contributed by atoms with Gasteiger partial charge >= 0.3 is 6.18 Å². The fourth-order valence-corrected chi connectivity index (χ4v) is 1.92. The van der Waals surface area contributed by atoms with Crippen LogP contribution in [0.4, 0.5) is 23.2 Å². The summed E-state index contributed by atoms with van der Waals surface area (Å²) < 4.78 is 56.9. The SMILES string of the molecule is CCOc1ccccc1C(=O)Nc1cc(C(F)(F)F)ccc1F. The lowest BCUT2D eigenvalue weighted by atomic mass is 10.1. The summed E-state index contributed by atoms with van der Waals surface area (Å²) in [6, 6.07) is 8.02. The maximum Gasteiger partial charge on any atom is 0.416 e. The molecule has 2 aromatic carbocycles. The maximum absolute atomic E-state index is 13.7. The van der Waals surface area contributed by atoms with Gasteiger partial charge in [-0.1, -0.05) is 12.1 Å². The van der Waals surface area contributed by atoms with Crippen LogP contribution in [0.5, 0.6) is 5.75 Å². The molecule has 0 heterocycles. The molecule has 0 bridgehead atoms. The Morgan fingerprint density at radius 1 is 1.17 bits per heavy atom. The van der Waals surface area contributed by atoms with E-state index in [1.807, 2.05) is 0 Å². The molecule has 0 spiro atoms. The standard InChI is InChI=1S/C16H13F4NO2/c1-2-23-14-6-4-3-5-11(14)15(22)21-13-9-10(16(18,19)20)7-8-12(13)17/h3-9H,2H2,1H3,(H,21,22). The number of carbonyl (C=O) groups excluding carboxylic acids is 1. The average Bonchev–Trinajstić information content (AvgIpc) is 2.49. The van der Waals surface area contributed by atoms with Crippen LogP contribution in [0.25, 0.3) is 0 Å². The van der Waals surface area contributed by atoms with Crippen LogP contribution in [0.1, 0.15) is 22.8 Å². The van der Waals surface area contributed by atoms with E-state index in [4.69, 9.17) is 4.74 Å². The molecule has 0 unspecified atom stereocenters. The Labute approximate surface area is 129 Å². The van der Waals surface area contributed by atoms with E-state index < -0.39 is 29.2 Å². The Bertz CT molecular complexity index is 713. The third-order valence-electron chi connectivity index (χ3n) is 2.97. The first-order valence-corrected chi connectivity index (χ1v) is 6.73. The smallest absolute Gasteiger partial charge is 0.416 e. The predicted molar refractivity (Wildman–Crippen MR) is 77.0 cm³/mol. The third kappa shape index (κ3) is 4.00. The van der Waals surface area contributed by atoms with Gasteiger partial charge in [-0.25, -0.2) is 4.39 Å². The fourth-order valence-electron chi connectivity index (χ4n) is 1.92. The Morgan fingerprint density at radius 3 is 2.52 bits per heavy atom. The summed E-state index contributed by atoms with van der Waals surface area (Å²) in [6.45, 7) is 2.03. The van der Waals surface area contributed by atoms with Gasteiger partial charge in [-0.05, 0) is 37.3 Å². The predicted octanol–water partition coefficient (Wildman–Crippen LogP) is 4.50. The molecule has 0 aliphatic heterocycles. The fraction of sp³-hybridized carbons (Fsp3) is 0.188. The largest absolute Gasteiger partial charge is 0.493 e. The van der Waals surface area contributed by atoms with Crippen molar-refractivity contribution in [3.8, 4) is 5.75 Å². The summed E-state index contributed by atoms with van der Waals surface area (Å²) in [4.78, 5) is 12.2. The highest BCUT2D eigenvalue weighted by molar-refractivity contribution is 6.06. The van der Waals surface area contributed by atoms with E-state index in [9.17, 15) is 22.4 Å². The minimum absolute atomic E-state index is 0.103. The van der Waals surface area contributed by atoms with Gasteiger partial charge in [0.05, 0.1) is 23.4 Å². The van der Waals surface area contributed by atoms with Crippen molar-refractivity contribution in [1.82, 2.24) is 0 Å². The van der Waals surface area contributed by atoms with Gasteiger partial charge in [-0.2, -0.15) is 13.2 Å². The molecule has 3 nitrogen and oxygen atoms in total. The molecule has 7 heteroatoms. The molecule has 2 rings (SSSR count). The Morgan fingerprint density at radius 2 is 1.87 bits per heavy atom. The summed E-state index contributed by atoms with van der Waals surface area (Å²) in [5, 5.41) is 2.14. The molecule has 0 aliphatic carbocycles. The average molecular weight is 327 g/mol. The zero-order chi connectivity index (χ0) is 17.0. The van der Waals surface area contributed by atoms with Crippen LogP contribution in [0.3, 0.4) is 0 Å². The van der Waals surface area contributed by atoms with Crippen LogP contribution in [0, 0.1) is 5.82 Å². The van der Waals surface area contributed by atoms with E-state index in [2.05, 4.69) is 5.32 Å². The number of nitrogens with one attached hydrogen (secondary N) is 1. The van der Waals surface area contributed by atoms with E-state index in [-0.39, 0.29) is 11.3 Å². The number of anilines is 1. The quantitative estimate of drug-likeness (QED) is 0.840. The molecular weight excluding hydrogens is 314 g/mol. The van der Waals surface area contributed by atoms with Gasteiger partial charge in [0, 0.05) is 0 Å². The number of ether oxygens (including phenoxy) is 1. The second-order valence-electron chi connectivity index (χ2n) is 4.58. The monoisotopic (exact) mass is 327 g/mol. The van der Waals surface area contributed by atoms with E-state index in [1.54, 1.807) is 25.1 Å². The van der Waals surface area contributed by atoms with Gasteiger partial charge < -0.3 is 10.1 Å². The zero-order valence-corrected chi connectivity index (χ0v) is 12.1. The Balaban J connectivity index is 2.31. The second-order valence-corrected chi connectivity index (χ2v) is 4.58. The highest BCUT2D eigenvalue weighted by Crippen LogP contribution is 2.32. The van der Waals surface area contributed by atoms with E-state index in [0.717, 1.165) is 0 Å². The van der Waals surface area contributed by atoms with Gasteiger partial charge in [0.15, 0.2) is 0 Å². The van der Waals surface area contributed by atoms with Crippen molar-refractivity contribution in [2.45, 2.75) is 13.1 Å². The van der Waals surface area contributed by atoms with Crippen LogP contribution < -0.4 is 10.1 Å². The normalized spacial score (nSPS) is 11.2. The Hall–Kier alpha value is -2.57. The lowest BCUT2D eigenvalue weighted by molar-refractivity contribution is -0.137. The van der Waals surface area contributed by atoms with E-state index in [1.165, 1.54) is 6.07 Å². The summed E-state index contributed by atoms with van der Waals surface area (Å²) >= 11 is 0.